The SMILES string of the molecule is CC(C)C(=O)Cl.COc1ccc(-n2c(C(=O)N(C)C)c(O)c(O)c2C(=O)N(C)C)cc1.COc1ccc(-n2c(C(=O)N(C)C)c(OC(=O)C(C)C)c(OC(=O)C(C)C)c2C(=O)N(C)C)cc1. The number of nitrogens with zero attached hydrogens (tertiary/aromatic N) is 6. The van der Waals surface area contributed by atoms with Crippen LogP contribution in [0.5, 0.6) is 34.5 Å². The van der Waals surface area contributed by atoms with Crippen LogP contribution >= 0.6 is 11.6 Å². The van der Waals surface area contributed by atoms with Gasteiger partial charge >= 0.3 is 11.9 Å². The molecule has 4 amide bonds. The number of halogens is 1. The molecule has 4 aromatic rings. The summed E-state index contributed by atoms with van der Waals surface area (Å²) in [4.78, 5) is 92.2. The molecule has 2 heterocycles. The second-order valence-electron chi connectivity index (χ2n) is 16.2. The number of hydrogen-bond donors (Lipinski definition) is 2. The minimum Gasteiger partial charge on any atom is -0.503 e. The molecule has 19 nitrogen and oxygen atoms in total. The van der Waals surface area contributed by atoms with E-state index in [1.807, 2.05) is 0 Å². The van der Waals surface area contributed by atoms with Crippen molar-refractivity contribution in [1.82, 2.24) is 28.7 Å². The highest BCUT2D eigenvalue weighted by Gasteiger charge is 2.38. The summed E-state index contributed by atoms with van der Waals surface area (Å²) in [6.07, 6.45) is 0. The molecule has 0 aliphatic carbocycles. The molecule has 2 aromatic heterocycles. The lowest BCUT2D eigenvalue weighted by atomic mass is 10.2. The average molecular weight is 941 g/mol. The molecule has 4 rings (SSSR count). The fourth-order valence-electron chi connectivity index (χ4n) is 5.31. The van der Waals surface area contributed by atoms with Crippen LogP contribution in [0.1, 0.15) is 83.5 Å². The van der Waals surface area contributed by atoms with E-state index >= 15 is 0 Å². The molecule has 0 spiro atoms. The van der Waals surface area contributed by atoms with Crippen molar-refractivity contribution in [3.8, 4) is 45.9 Å². The summed E-state index contributed by atoms with van der Waals surface area (Å²) in [7, 11) is 15.2. The van der Waals surface area contributed by atoms with Gasteiger partial charge in [-0.15, -0.1) is 0 Å². The molecule has 0 radical (unpaired) electrons. The summed E-state index contributed by atoms with van der Waals surface area (Å²) in [5.41, 5.74) is 0.161. The van der Waals surface area contributed by atoms with Gasteiger partial charge in [-0.2, -0.15) is 0 Å². The quantitative estimate of drug-likeness (QED) is 0.121. The first kappa shape index (κ1) is 55.1. The van der Waals surface area contributed by atoms with Gasteiger partial charge in [0.25, 0.3) is 23.6 Å². The number of carbonyl (C=O) groups is 7. The maximum absolute atomic E-state index is 13.4. The first-order chi connectivity index (χ1) is 30.7. The van der Waals surface area contributed by atoms with Gasteiger partial charge in [0.15, 0.2) is 34.3 Å². The molecule has 2 aromatic carbocycles. The van der Waals surface area contributed by atoms with Crippen molar-refractivity contribution in [2.75, 3.05) is 70.6 Å². The molecule has 0 aliphatic heterocycles. The third-order valence-electron chi connectivity index (χ3n) is 9.10. The number of carbonyl (C=O) groups excluding carboxylic acids is 7. The highest BCUT2D eigenvalue weighted by atomic mass is 35.5. The van der Waals surface area contributed by atoms with Gasteiger partial charge in [-0.25, -0.2) is 0 Å². The van der Waals surface area contributed by atoms with Crippen molar-refractivity contribution in [3.05, 3.63) is 71.3 Å². The van der Waals surface area contributed by atoms with Crippen LogP contribution in [0.15, 0.2) is 48.5 Å². The molecule has 0 atom stereocenters. The van der Waals surface area contributed by atoms with Crippen LogP contribution in [0.3, 0.4) is 0 Å². The van der Waals surface area contributed by atoms with E-state index in [1.54, 1.807) is 90.1 Å². The van der Waals surface area contributed by atoms with Crippen molar-refractivity contribution >= 4 is 52.4 Å². The van der Waals surface area contributed by atoms with Gasteiger partial charge in [-0.05, 0) is 60.1 Å². The Hall–Kier alpha value is -7.02. The van der Waals surface area contributed by atoms with Crippen LogP contribution in [0.25, 0.3) is 11.4 Å². The molecule has 66 heavy (non-hydrogen) atoms. The fourth-order valence-corrected chi connectivity index (χ4v) is 5.31. The molecule has 0 bridgehead atoms. The van der Waals surface area contributed by atoms with Crippen LogP contribution < -0.4 is 18.9 Å². The van der Waals surface area contributed by atoms with Crippen LogP contribution in [-0.4, -0.2) is 150 Å². The lowest BCUT2D eigenvalue weighted by Crippen LogP contribution is -2.28. The number of hydrogen-bond acceptors (Lipinski definition) is 13. The van der Waals surface area contributed by atoms with E-state index in [0.717, 1.165) is 0 Å². The Morgan fingerprint density at radius 2 is 0.712 bits per heavy atom. The zero-order chi connectivity index (χ0) is 50.7. The Labute approximate surface area is 389 Å². The van der Waals surface area contributed by atoms with Crippen LogP contribution in [0.4, 0.5) is 0 Å². The summed E-state index contributed by atoms with van der Waals surface area (Å²) in [6, 6.07) is 13.1. The monoisotopic (exact) mass is 940 g/mol. The Bertz CT molecular complexity index is 2290. The van der Waals surface area contributed by atoms with Crippen molar-refractivity contribution in [3.63, 3.8) is 0 Å². The predicted octanol–water partition coefficient (Wildman–Crippen LogP) is 5.72. The van der Waals surface area contributed by atoms with Crippen LogP contribution in [0.2, 0.25) is 0 Å². The van der Waals surface area contributed by atoms with Crippen LogP contribution in [0, 0.1) is 17.8 Å². The van der Waals surface area contributed by atoms with Gasteiger partial charge in [0.05, 0.1) is 26.1 Å². The summed E-state index contributed by atoms with van der Waals surface area (Å²) >= 11 is 4.97. The number of amides is 4. The molecular formula is C46H61ClN6O13. The number of benzene rings is 2. The largest absolute Gasteiger partial charge is 0.503 e. The van der Waals surface area contributed by atoms with E-state index in [9.17, 15) is 43.8 Å². The molecule has 0 aliphatic rings. The number of methoxy groups -OCH3 is 2. The summed E-state index contributed by atoms with van der Waals surface area (Å²) in [6.45, 7) is 10.0. The first-order valence-corrected chi connectivity index (χ1v) is 20.8. The smallest absolute Gasteiger partial charge is 0.313 e. The second-order valence-corrected chi connectivity index (χ2v) is 16.6. The maximum atomic E-state index is 13.4. The van der Waals surface area contributed by atoms with Gasteiger partial charge in [0.1, 0.15) is 11.5 Å². The average Bonchev–Trinajstić information content (AvgIpc) is 3.71. The van der Waals surface area contributed by atoms with Gasteiger partial charge in [0, 0.05) is 73.7 Å². The number of ether oxygens (including phenoxy) is 4. The van der Waals surface area contributed by atoms with Gasteiger partial charge in [0.2, 0.25) is 16.7 Å². The van der Waals surface area contributed by atoms with Crippen molar-refractivity contribution in [2.45, 2.75) is 41.5 Å². The Balaban J connectivity index is 0.000000420. The molecule has 0 fully saturated rings. The molecule has 0 saturated heterocycles. The third-order valence-corrected chi connectivity index (χ3v) is 9.54. The number of aromatic hydroxyl groups is 2. The Morgan fingerprint density at radius 3 is 0.924 bits per heavy atom. The van der Waals surface area contributed by atoms with Gasteiger partial charge in [-0.1, -0.05) is 41.5 Å². The molecule has 0 saturated carbocycles. The summed E-state index contributed by atoms with van der Waals surface area (Å²) < 4.78 is 24.2. The van der Waals surface area contributed by atoms with E-state index in [2.05, 4.69) is 0 Å². The van der Waals surface area contributed by atoms with Crippen molar-refractivity contribution in [1.29, 1.82) is 0 Å². The highest BCUT2D eigenvalue weighted by Crippen LogP contribution is 2.43. The van der Waals surface area contributed by atoms with E-state index in [0.29, 0.717) is 22.9 Å². The maximum Gasteiger partial charge on any atom is 0.313 e. The number of esters is 2. The van der Waals surface area contributed by atoms with Gasteiger partial charge < -0.3 is 48.8 Å². The lowest BCUT2D eigenvalue weighted by Gasteiger charge is -2.18. The molecular weight excluding hydrogens is 880 g/mol. The molecule has 20 heteroatoms. The first-order valence-electron chi connectivity index (χ1n) is 20.4. The second kappa shape index (κ2) is 23.8. The van der Waals surface area contributed by atoms with Crippen LogP contribution in [-0.2, 0) is 14.4 Å². The van der Waals surface area contributed by atoms with Gasteiger partial charge in [-0.3, -0.25) is 42.7 Å². The van der Waals surface area contributed by atoms with Crippen molar-refractivity contribution in [2.24, 2.45) is 17.8 Å². The Kier molecular flexibility index (Phi) is 19.9. The Morgan fingerprint density at radius 1 is 0.470 bits per heavy atom. The minimum absolute atomic E-state index is 0.0216. The highest BCUT2D eigenvalue weighted by molar-refractivity contribution is 6.63. The zero-order valence-electron chi connectivity index (χ0n) is 40.3. The van der Waals surface area contributed by atoms with Crippen molar-refractivity contribution < 1.29 is 62.7 Å². The van der Waals surface area contributed by atoms with E-state index in [1.165, 1.54) is 99.3 Å². The topological polar surface area (TPSA) is 220 Å². The molecule has 360 valence electrons. The molecule has 2 N–H and O–H groups in total. The van der Waals surface area contributed by atoms with E-state index in [-0.39, 0.29) is 45.4 Å². The normalized spacial score (nSPS) is 10.5. The zero-order valence-corrected chi connectivity index (χ0v) is 41.1. The van der Waals surface area contributed by atoms with E-state index in [4.69, 9.17) is 30.5 Å². The summed E-state index contributed by atoms with van der Waals surface area (Å²) in [5.74, 6) is -5.40. The minimum atomic E-state index is -0.657. The molecule has 0 unspecified atom stereocenters. The predicted molar refractivity (Wildman–Crippen MR) is 247 cm³/mol. The standard InChI is InChI=1S/C25H33N3O7.C17H21N3O5.C4H7ClO/c1-14(2)24(31)34-20-18(22(29)26(5)6)28(16-10-12-17(33-9)13-11-16)19(23(30)27(7)8)21(20)35-25(32)15(3)4;1-18(2)16(23)12-14(21)15(22)13(17(24)19(3)4)20(12)10-6-8-11(25-5)9-7-10;1-3(2)4(5)6/h10-15H,1-9H3;6-9,21-22H,1-5H3;3H,1-2H3. The summed E-state index contributed by atoms with van der Waals surface area (Å²) in [5, 5.41) is 20.3. The third kappa shape index (κ3) is 13.0. The number of rotatable bonds is 13. The fraction of sp³-hybridized carbons (Fsp3) is 0.413. The lowest BCUT2D eigenvalue weighted by molar-refractivity contribution is -0.140. The van der Waals surface area contributed by atoms with E-state index < -0.39 is 58.9 Å². The number of aromatic nitrogens is 2.